The van der Waals surface area contributed by atoms with Crippen LogP contribution in [0.15, 0.2) is 64.4 Å². The summed E-state index contributed by atoms with van der Waals surface area (Å²) in [5.74, 6) is -0.00981. The van der Waals surface area contributed by atoms with E-state index >= 15 is 0 Å². The van der Waals surface area contributed by atoms with Crippen molar-refractivity contribution in [3.05, 3.63) is 86.8 Å². The first-order valence-corrected chi connectivity index (χ1v) is 39.4. The minimum absolute atomic E-state index is 0. The van der Waals surface area contributed by atoms with Crippen LogP contribution in [-0.4, -0.2) is 155 Å². The lowest BCUT2D eigenvalue weighted by Crippen LogP contribution is -2.45. The lowest BCUT2D eigenvalue weighted by Gasteiger charge is -2.35. The Hall–Kier alpha value is -4.76. The molecular formula is C73H112Cl2FN13O9S4. The highest BCUT2D eigenvalue weighted by Gasteiger charge is 2.40. The van der Waals surface area contributed by atoms with Gasteiger partial charge in [0.25, 0.3) is 10.1 Å². The maximum atomic E-state index is 13.6. The number of nitrogens with one attached hydrogen (secondary N) is 3. The molecule has 0 unspecified atom stereocenters. The molecule has 2 aliphatic heterocycles. The van der Waals surface area contributed by atoms with Crippen molar-refractivity contribution in [2.75, 3.05) is 77.2 Å². The number of rotatable bonds is 22. The number of hydrogen-bond acceptors (Lipinski definition) is 23. The Morgan fingerprint density at radius 1 is 0.745 bits per heavy atom. The van der Waals surface area contributed by atoms with Crippen LogP contribution in [0.4, 0.5) is 19.4 Å². The molecule has 5 aliphatic rings. The highest BCUT2D eigenvalue weighted by Crippen LogP contribution is 2.39. The molecule has 0 radical (unpaired) electrons. The first-order valence-electron chi connectivity index (χ1n) is 35.5. The van der Waals surface area contributed by atoms with Crippen molar-refractivity contribution in [1.82, 2.24) is 30.6 Å². The number of nitrogens with zero attached hydrogens (tertiary/aromatic N) is 7. The Kier molecular flexibility index (Phi) is 37.7. The summed E-state index contributed by atoms with van der Waals surface area (Å²) >= 11 is 15.4. The Balaban J connectivity index is 0.000000248. The Morgan fingerprint density at radius 3 is 1.78 bits per heavy atom. The molecule has 5 aromatic rings. The Labute approximate surface area is 630 Å². The molecule has 22 nitrogen and oxygen atoms in total. The normalized spacial score (nSPS) is 21.7. The summed E-state index contributed by atoms with van der Waals surface area (Å²) in [6, 6.07) is 18.4. The second-order valence-electron chi connectivity index (χ2n) is 28.5. The van der Waals surface area contributed by atoms with Gasteiger partial charge in [-0.15, -0.1) is 22.7 Å². The molecule has 3 atom stereocenters. The number of anilines is 2. The van der Waals surface area contributed by atoms with Crippen LogP contribution in [0.25, 0.3) is 22.5 Å². The second-order valence-corrected chi connectivity index (χ2v) is 32.5. The van der Waals surface area contributed by atoms with E-state index in [2.05, 4.69) is 69.9 Å². The molecule has 0 bridgehead atoms. The molecule has 10 rings (SSSR count). The lowest BCUT2D eigenvalue weighted by molar-refractivity contribution is 0.0366. The minimum atomic E-state index is -3.68. The third-order valence-corrected chi connectivity index (χ3v) is 22.2. The van der Waals surface area contributed by atoms with Gasteiger partial charge in [0.15, 0.2) is 10.3 Å². The van der Waals surface area contributed by atoms with E-state index in [0.717, 1.165) is 92.0 Å². The molecule has 4 aromatic heterocycles. The number of ether oxygens (including phenoxy) is 5. The van der Waals surface area contributed by atoms with Gasteiger partial charge in [0, 0.05) is 136 Å². The average Bonchev–Trinajstić information content (AvgIpc) is 1.57. The number of nitriles is 2. The number of carbonyl (C=O) groups is 1. The molecule has 568 valence electrons. The van der Waals surface area contributed by atoms with E-state index in [9.17, 15) is 28.1 Å². The number of pyridine rings is 2. The van der Waals surface area contributed by atoms with E-state index in [1.807, 2.05) is 12.3 Å². The van der Waals surface area contributed by atoms with Crippen molar-refractivity contribution >= 4 is 85.8 Å². The van der Waals surface area contributed by atoms with Gasteiger partial charge in [0.05, 0.1) is 75.2 Å². The summed E-state index contributed by atoms with van der Waals surface area (Å²) in [7, 11) is -0.435. The zero-order valence-corrected chi connectivity index (χ0v) is 66.2. The minimum Gasteiger partial charge on any atom is -0.443 e. The van der Waals surface area contributed by atoms with E-state index in [1.165, 1.54) is 92.7 Å². The summed E-state index contributed by atoms with van der Waals surface area (Å²) in [6.07, 6.45) is 20.8. The molecule has 3 aliphatic carbocycles. The smallest absolute Gasteiger partial charge is 0.416 e. The van der Waals surface area contributed by atoms with Gasteiger partial charge in [0.2, 0.25) is 5.95 Å². The topological polar surface area (TPSA) is 323 Å². The summed E-state index contributed by atoms with van der Waals surface area (Å²) in [4.78, 5) is 31.9. The quantitative estimate of drug-likeness (QED) is 0.0277. The van der Waals surface area contributed by atoms with Gasteiger partial charge in [-0.1, -0.05) is 47.8 Å². The van der Waals surface area contributed by atoms with Crippen molar-refractivity contribution in [1.29, 1.82) is 10.5 Å². The third kappa shape index (κ3) is 29.9. The zero-order valence-electron chi connectivity index (χ0n) is 61.2. The van der Waals surface area contributed by atoms with Crippen LogP contribution >= 0.6 is 59.4 Å². The number of nitrogens with two attached hydrogens (primary N) is 3. The van der Waals surface area contributed by atoms with Gasteiger partial charge in [-0.3, -0.25) is 14.1 Å². The fourth-order valence-corrected chi connectivity index (χ4v) is 15.3. The molecule has 3 saturated carbocycles. The molecule has 5 fully saturated rings. The van der Waals surface area contributed by atoms with Crippen molar-refractivity contribution in [2.24, 2.45) is 33.9 Å². The summed E-state index contributed by atoms with van der Waals surface area (Å²) < 4.78 is 68.3. The maximum absolute atomic E-state index is 13.6. The molecular weight excluding hydrogens is 1420 g/mol. The summed E-state index contributed by atoms with van der Waals surface area (Å²) in [5, 5.41) is 36.0. The van der Waals surface area contributed by atoms with Crippen LogP contribution in [0.5, 0.6) is 0 Å². The zero-order chi connectivity index (χ0) is 73.8. The van der Waals surface area contributed by atoms with Crippen LogP contribution in [0.1, 0.15) is 169 Å². The molecule has 102 heavy (non-hydrogen) atoms. The number of aromatic nitrogens is 4. The SMILES string of the molecule is CC(C)(C)OC(=O)N(CC1(C#N)CCOCC1)c1nc(-c2cc(F)ncc2Cl)cs1.CC[C@H](C)NC1CCC(Cc2cc(-c3csc(NCC4(C#N)CCOCC4)n3)c(Cl)cn2)CC1.COC[C@@H](C)OS(=O)(=O)c1ccc(C)cc1.COC[C@H](C)NC1CCC(N)CC1.NC1CCC(N)CC1.S. The Bertz CT molecular complexity index is 3460. The molecule has 2 saturated heterocycles. The second kappa shape index (κ2) is 43.8. The molecule has 0 spiro atoms. The average molecular weight is 1530 g/mol. The van der Waals surface area contributed by atoms with E-state index in [1.54, 1.807) is 69.9 Å². The van der Waals surface area contributed by atoms with Gasteiger partial charge < -0.3 is 56.8 Å². The Morgan fingerprint density at radius 2 is 1.25 bits per heavy atom. The first kappa shape index (κ1) is 87.9. The van der Waals surface area contributed by atoms with E-state index in [0.29, 0.717) is 115 Å². The van der Waals surface area contributed by atoms with Crippen LogP contribution in [0.3, 0.4) is 0 Å². The van der Waals surface area contributed by atoms with Crippen molar-refractivity contribution < 1.29 is 45.5 Å². The van der Waals surface area contributed by atoms with E-state index < -0.39 is 39.3 Å². The van der Waals surface area contributed by atoms with Crippen LogP contribution in [0.2, 0.25) is 10.0 Å². The number of aryl methyl sites for hydroxylation is 1. The predicted molar refractivity (Wildman–Crippen MR) is 412 cm³/mol. The molecule has 9 N–H and O–H groups in total. The predicted octanol–water partition coefficient (Wildman–Crippen LogP) is 14.1. The number of halogens is 3. The number of benzene rings is 1. The molecule has 1 aromatic carbocycles. The van der Waals surface area contributed by atoms with Crippen LogP contribution < -0.4 is 38.1 Å². The number of hydrogen-bond donors (Lipinski definition) is 6. The molecule has 6 heterocycles. The monoisotopic (exact) mass is 1530 g/mol. The van der Waals surface area contributed by atoms with Gasteiger partial charge in [0.1, 0.15) is 5.60 Å². The maximum Gasteiger partial charge on any atom is 0.416 e. The van der Waals surface area contributed by atoms with Crippen LogP contribution in [-0.2, 0) is 44.4 Å². The molecule has 1 amide bonds. The fraction of sp³-hybridized carbons (Fsp3) is 0.658. The lowest BCUT2D eigenvalue weighted by atomic mass is 9.81. The van der Waals surface area contributed by atoms with Gasteiger partial charge in [-0.2, -0.15) is 36.8 Å². The fourth-order valence-electron chi connectivity index (χ4n) is 12.3. The van der Waals surface area contributed by atoms with Crippen LogP contribution in [0, 0.1) is 52.3 Å². The van der Waals surface area contributed by atoms with Crippen molar-refractivity contribution in [2.45, 2.75) is 230 Å². The van der Waals surface area contributed by atoms with E-state index in [-0.39, 0.29) is 42.0 Å². The number of amides is 1. The van der Waals surface area contributed by atoms with Gasteiger partial charge >= 0.3 is 6.09 Å². The highest BCUT2D eigenvalue weighted by molar-refractivity contribution is 7.86. The van der Waals surface area contributed by atoms with E-state index in [4.69, 9.17) is 73.3 Å². The number of thiazole rings is 2. The third-order valence-electron chi connectivity index (χ3n) is 18.5. The molecule has 29 heteroatoms. The summed E-state index contributed by atoms with van der Waals surface area (Å²) in [6.45, 7) is 19.4. The van der Waals surface area contributed by atoms with Gasteiger partial charge in [-0.25, -0.2) is 19.7 Å². The number of methoxy groups -OCH3 is 2. The summed E-state index contributed by atoms with van der Waals surface area (Å²) in [5.41, 5.74) is 19.9. The van der Waals surface area contributed by atoms with Crippen molar-refractivity contribution in [3.63, 3.8) is 0 Å². The largest absolute Gasteiger partial charge is 0.443 e. The first-order chi connectivity index (χ1) is 48.1. The van der Waals surface area contributed by atoms with Gasteiger partial charge in [-0.05, 0) is 188 Å². The highest BCUT2D eigenvalue weighted by atomic mass is 35.5. The standard InChI is InChI=1S/C26H36ClN5OS.C20H22ClFN4O3S.C11H16O4S.C10H22N2O.C6H14N2.H2S/c1-3-18(2)31-20-6-4-19(5-7-20)12-21-13-22(23(27)14-29-21)24-15-34-25(32-24)30-17-26(16-28)8-10-33-11-9-26;1-19(2,3)29-18(27)26(12-20(11-23)4-6-28-7-5-20)17-25-15(10-30-17)13-8-16(22)24-9-14(13)21;1-9-4-6-11(7-5-9)16(12,13)15-10(2)8-14-3;1-8(7-13-2)12-10-5-3-9(11)4-6-10;7-5-1-2-6(8)4-3-5;/h13-15,18-20,31H,3-12,17H2,1-2H3,(H,30,32);8-10H,4-7,12H2,1-3H3;4-7,10H,8H2,1-3H3;8-10,12H,3-7,11H2,1-2H3;5-6H,1-4,7-8H2;1H2/t18-,19?,20?;;10-;8-,9?,10?;;/m0.10../s1. The number of carbonyl (C=O) groups excluding carboxylic acids is 1. The van der Waals surface area contributed by atoms with Crippen molar-refractivity contribution in [3.8, 4) is 34.7 Å².